The van der Waals surface area contributed by atoms with Crippen LogP contribution in [0.1, 0.15) is 53.9 Å². The molecule has 150 valence electrons. The molecule has 0 heterocycles. The Bertz CT molecular complexity index is 762. The largest absolute Gasteiger partial charge is 0.404 e. The van der Waals surface area contributed by atoms with Crippen molar-refractivity contribution in [1.29, 1.82) is 0 Å². The molecule has 1 fully saturated rings. The molecule has 0 aromatic heterocycles. The summed E-state index contributed by atoms with van der Waals surface area (Å²) in [5.41, 5.74) is 2.39. The first-order valence-electron chi connectivity index (χ1n) is 10.4. The summed E-state index contributed by atoms with van der Waals surface area (Å²) in [5, 5.41) is 13.1. The lowest BCUT2D eigenvalue weighted by molar-refractivity contribution is 0.100. The van der Waals surface area contributed by atoms with E-state index in [1.54, 1.807) is 0 Å². The van der Waals surface area contributed by atoms with Gasteiger partial charge >= 0.3 is 0 Å². The van der Waals surface area contributed by atoms with Crippen LogP contribution in [0, 0.1) is 0 Å². The van der Waals surface area contributed by atoms with E-state index in [1.807, 2.05) is 0 Å². The highest BCUT2D eigenvalue weighted by molar-refractivity contribution is 6.99. The van der Waals surface area contributed by atoms with E-state index in [-0.39, 0.29) is 17.2 Å². The molecule has 1 aliphatic rings. The zero-order valence-corrected chi connectivity index (χ0v) is 18.9. The van der Waals surface area contributed by atoms with Crippen molar-refractivity contribution in [3.63, 3.8) is 0 Å². The van der Waals surface area contributed by atoms with Crippen LogP contribution >= 0.6 is 0 Å². The summed E-state index contributed by atoms with van der Waals surface area (Å²) in [7, 11) is -2.53. The number of hydrogen-bond donors (Lipinski definition) is 1. The molecule has 3 rings (SSSR count). The van der Waals surface area contributed by atoms with Crippen molar-refractivity contribution < 1.29 is 9.53 Å². The van der Waals surface area contributed by atoms with Crippen LogP contribution in [0.4, 0.5) is 0 Å². The number of aliphatic hydroxyl groups excluding tert-OH is 1. The Balaban J connectivity index is 2.11. The smallest absolute Gasteiger partial charge is 0.261 e. The summed E-state index contributed by atoms with van der Waals surface area (Å²) < 4.78 is 7.24. The van der Waals surface area contributed by atoms with Crippen LogP contribution in [0.15, 0.2) is 71.8 Å². The Labute approximate surface area is 171 Å². The van der Waals surface area contributed by atoms with Gasteiger partial charge in [-0.15, -0.1) is 0 Å². The average molecular weight is 395 g/mol. The van der Waals surface area contributed by atoms with E-state index in [2.05, 4.69) is 95.3 Å². The summed E-state index contributed by atoms with van der Waals surface area (Å²) in [6.07, 6.45) is 2.34. The molecule has 2 nitrogen and oxygen atoms in total. The lowest BCUT2D eigenvalue weighted by Gasteiger charge is -2.46. The zero-order chi connectivity index (χ0) is 20.4. The summed E-state index contributed by atoms with van der Waals surface area (Å²) in [5.74, 6) is 0. The highest BCUT2D eigenvalue weighted by Crippen LogP contribution is 2.40. The molecule has 2 aromatic rings. The predicted octanol–water partition coefficient (Wildman–Crippen LogP) is 4.81. The van der Waals surface area contributed by atoms with Crippen molar-refractivity contribution in [3.8, 4) is 0 Å². The normalized spacial score (nSPS) is 20.9. The number of rotatable bonds is 4. The average Bonchev–Trinajstić information content (AvgIpc) is 2.67. The van der Waals surface area contributed by atoms with Crippen LogP contribution in [-0.2, 0) is 4.43 Å². The third kappa shape index (κ3) is 4.02. The maximum atomic E-state index is 10.4. The van der Waals surface area contributed by atoms with E-state index >= 15 is 0 Å². The molecular formula is C25H34O2Si. The fraction of sp³-hybridized carbons (Fsp3) is 0.440. The first kappa shape index (κ1) is 21.0. The van der Waals surface area contributed by atoms with E-state index in [1.165, 1.54) is 15.9 Å². The van der Waals surface area contributed by atoms with E-state index < -0.39 is 8.32 Å². The molecule has 0 saturated heterocycles. The molecule has 28 heavy (non-hydrogen) atoms. The second-order valence-electron chi connectivity index (χ2n) is 9.23. The fourth-order valence-electron chi connectivity index (χ4n) is 4.58. The highest BCUT2D eigenvalue weighted by atomic mass is 28.4. The number of hydrogen-bond acceptors (Lipinski definition) is 2. The van der Waals surface area contributed by atoms with Gasteiger partial charge in [-0.3, -0.25) is 0 Å². The number of benzene rings is 2. The topological polar surface area (TPSA) is 29.5 Å². The zero-order valence-electron chi connectivity index (χ0n) is 17.9. The van der Waals surface area contributed by atoms with Gasteiger partial charge in [-0.2, -0.15) is 0 Å². The minimum Gasteiger partial charge on any atom is -0.404 e. The molecule has 2 aromatic carbocycles. The van der Waals surface area contributed by atoms with Gasteiger partial charge in [0, 0.05) is 6.10 Å². The quantitative estimate of drug-likeness (QED) is 0.595. The number of allylic oxidation sites excluding steroid dienone is 1. The molecule has 0 amide bonds. The predicted molar refractivity (Wildman–Crippen MR) is 121 cm³/mol. The molecule has 2 unspecified atom stereocenters. The van der Waals surface area contributed by atoms with E-state index in [0.29, 0.717) is 0 Å². The van der Waals surface area contributed by atoms with E-state index in [9.17, 15) is 5.11 Å². The van der Waals surface area contributed by atoms with Crippen LogP contribution in [0.25, 0.3) is 0 Å². The second-order valence-corrected chi connectivity index (χ2v) is 13.5. The van der Waals surface area contributed by atoms with Crippen LogP contribution < -0.4 is 10.4 Å². The lowest BCUT2D eigenvalue weighted by Crippen LogP contribution is -2.68. The maximum absolute atomic E-state index is 10.4. The molecule has 1 N–H and O–H groups in total. The monoisotopic (exact) mass is 394 g/mol. The Morgan fingerprint density at radius 3 is 1.82 bits per heavy atom. The Morgan fingerprint density at radius 2 is 1.39 bits per heavy atom. The summed E-state index contributed by atoms with van der Waals surface area (Å²) in [6, 6.07) is 21.6. The van der Waals surface area contributed by atoms with E-state index in [4.69, 9.17) is 4.43 Å². The van der Waals surface area contributed by atoms with Crippen molar-refractivity contribution in [2.24, 2.45) is 0 Å². The van der Waals surface area contributed by atoms with Gasteiger partial charge in [0.25, 0.3) is 8.32 Å². The maximum Gasteiger partial charge on any atom is 0.261 e. The van der Waals surface area contributed by atoms with Gasteiger partial charge in [0.15, 0.2) is 0 Å². The van der Waals surface area contributed by atoms with Crippen LogP contribution in [0.3, 0.4) is 0 Å². The van der Waals surface area contributed by atoms with Gasteiger partial charge in [-0.1, -0.05) is 87.0 Å². The number of aliphatic hydroxyl groups is 1. The fourth-order valence-corrected chi connectivity index (χ4v) is 9.30. The van der Waals surface area contributed by atoms with Gasteiger partial charge in [-0.25, -0.2) is 0 Å². The lowest BCUT2D eigenvalue weighted by atomic mass is 9.87. The molecule has 0 aliphatic heterocycles. The first-order valence-corrected chi connectivity index (χ1v) is 12.3. The van der Waals surface area contributed by atoms with Crippen molar-refractivity contribution in [2.45, 2.75) is 71.1 Å². The standard InChI is InChI=1S/C25H34O2Si/c1-19(2)23-18-20(16-17-24(23)26)27-28(25(3,4)5,21-12-8-6-9-13-21)22-14-10-7-11-15-22/h6-15,20,24,26H,16-18H2,1-5H3. The third-order valence-electron chi connectivity index (χ3n) is 6.01. The van der Waals surface area contributed by atoms with Gasteiger partial charge in [0.1, 0.15) is 0 Å². The molecule has 1 aliphatic carbocycles. The molecule has 2 atom stereocenters. The third-order valence-corrected chi connectivity index (χ3v) is 11.1. The summed E-state index contributed by atoms with van der Waals surface area (Å²) in [4.78, 5) is 0. The summed E-state index contributed by atoms with van der Waals surface area (Å²) in [6.45, 7) is 11.2. The van der Waals surface area contributed by atoms with Crippen molar-refractivity contribution in [1.82, 2.24) is 0 Å². The Morgan fingerprint density at radius 1 is 0.893 bits per heavy atom. The summed E-state index contributed by atoms with van der Waals surface area (Å²) >= 11 is 0. The van der Waals surface area contributed by atoms with Crippen molar-refractivity contribution >= 4 is 18.7 Å². The second kappa shape index (κ2) is 8.36. The van der Waals surface area contributed by atoms with Crippen molar-refractivity contribution in [2.75, 3.05) is 0 Å². The minimum absolute atomic E-state index is 0.0170. The molecule has 1 saturated carbocycles. The molecular weight excluding hydrogens is 360 g/mol. The van der Waals surface area contributed by atoms with E-state index in [0.717, 1.165) is 24.8 Å². The van der Waals surface area contributed by atoms with Gasteiger partial charge in [0.2, 0.25) is 0 Å². The van der Waals surface area contributed by atoms with Crippen LogP contribution in [0.2, 0.25) is 5.04 Å². The SMILES string of the molecule is CC(C)=C1CC(O[Si](c2ccccc2)(c2ccccc2)C(C)(C)C)CCC1O. The Kier molecular flexibility index (Phi) is 6.28. The molecule has 0 spiro atoms. The van der Waals surface area contributed by atoms with Gasteiger partial charge < -0.3 is 9.53 Å². The van der Waals surface area contributed by atoms with Gasteiger partial charge in [-0.05, 0) is 54.1 Å². The molecule has 3 heteroatoms. The van der Waals surface area contributed by atoms with Crippen LogP contribution in [-0.4, -0.2) is 25.6 Å². The first-order chi connectivity index (χ1) is 13.3. The minimum atomic E-state index is -2.53. The van der Waals surface area contributed by atoms with Crippen LogP contribution in [0.5, 0.6) is 0 Å². The Hall–Kier alpha value is -1.68. The van der Waals surface area contributed by atoms with Crippen molar-refractivity contribution in [3.05, 3.63) is 71.8 Å². The molecule has 0 bridgehead atoms. The molecule has 0 radical (unpaired) electrons. The van der Waals surface area contributed by atoms with Gasteiger partial charge in [0.05, 0.1) is 6.10 Å². The highest BCUT2D eigenvalue weighted by Gasteiger charge is 2.51.